The van der Waals surface area contributed by atoms with Gasteiger partial charge in [0.15, 0.2) is 5.78 Å². The molecule has 0 atom stereocenters. The molecular formula is C12H10N2O2. The average molecular weight is 214 g/mol. The first-order chi connectivity index (χ1) is 7.59. The number of nitrogens with one attached hydrogen (secondary N) is 1. The summed E-state index contributed by atoms with van der Waals surface area (Å²) in [6.07, 6.45) is 0. The van der Waals surface area contributed by atoms with E-state index in [1.165, 1.54) is 6.92 Å². The molecule has 0 fully saturated rings. The topological polar surface area (TPSA) is 62.8 Å². The number of carbonyl (C=O) groups is 1. The first-order valence-corrected chi connectivity index (χ1v) is 4.79. The Kier molecular flexibility index (Phi) is 2.40. The van der Waals surface area contributed by atoms with Crippen molar-refractivity contribution < 1.29 is 4.79 Å². The number of fused-ring (bicyclic) bond motifs is 1. The van der Waals surface area contributed by atoms with Gasteiger partial charge in [-0.2, -0.15) is 0 Å². The number of nitrogens with zero attached hydrogens (tertiary/aromatic N) is 1. The minimum atomic E-state index is -0.390. The molecule has 0 aliphatic rings. The highest BCUT2D eigenvalue weighted by Gasteiger charge is 2.11. The molecule has 0 aliphatic carbocycles. The number of carbonyl (C=O) groups excluding carboxylic acids is 1. The quantitative estimate of drug-likeness (QED) is 0.771. The highest BCUT2D eigenvalue weighted by molar-refractivity contribution is 6.18. The van der Waals surface area contributed by atoms with Gasteiger partial charge in [0, 0.05) is 5.57 Å². The number of ketones is 1. The third-order valence-corrected chi connectivity index (χ3v) is 2.31. The number of allylic oxidation sites excluding steroid dienone is 1. The van der Waals surface area contributed by atoms with Crippen LogP contribution >= 0.6 is 0 Å². The zero-order valence-corrected chi connectivity index (χ0v) is 8.78. The number of rotatable bonds is 2. The van der Waals surface area contributed by atoms with Gasteiger partial charge in [-0.1, -0.05) is 18.7 Å². The molecule has 2 rings (SSSR count). The molecule has 0 unspecified atom stereocenters. The first-order valence-electron chi connectivity index (χ1n) is 4.79. The summed E-state index contributed by atoms with van der Waals surface area (Å²) < 4.78 is 0. The van der Waals surface area contributed by atoms with Crippen molar-refractivity contribution in [3.05, 3.63) is 46.9 Å². The molecule has 0 amide bonds. The Bertz CT molecular complexity index is 641. The maximum Gasteiger partial charge on any atom is 0.275 e. The zero-order valence-electron chi connectivity index (χ0n) is 8.78. The highest BCUT2D eigenvalue weighted by Crippen LogP contribution is 2.10. The van der Waals surface area contributed by atoms with Gasteiger partial charge >= 0.3 is 0 Å². The normalized spacial score (nSPS) is 10.3. The van der Waals surface area contributed by atoms with Gasteiger partial charge in [-0.3, -0.25) is 9.59 Å². The average Bonchev–Trinajstić information content (AvgIpc) is 2.27. The number of Topliss-reactive ketones (excluding diaryl/α,β-unsaturated/α-hetero) is 1. The molecule has 1 aromatic heterocycles. The summed E-state index contributed by atoms with van der Waals surface area (Å²) in [7, 11) is 0. The molecule has 80 valence electrons. The molecule has 0 bridgehead atoms. The Labute approximate surface area is 91.6 Å². The van der Waals surface area contributed by atoms with Gasteiger partial charge in [-0.25, -0.2) is 4.98 Å². The Morgan fingerprint density at radius 1 is 1.38 bits per heavy atom. The molecule has 0 spiro atoms. The molecular weight excluding hydrogens is 204 g/mol. The van der Waals surface area contributed by atoms with Gasteiger partial charge in [0.1, 0.15) is 5.69 Å². The molecule has 2 aromatic rings. The summed E-state index contributed by atoms with van der Waals surface area (Å²) in [6, 6.07) is 7.14. The van der Waals surface area contributed by atoms with E-state index in [0.717, 1.165) is 0 Å². The van der Waals surface area contributed by atoms with Crippen LogP contribution in [0.5, 0.6) is 0 Å². The van der Waals surface area contributed by atoms with Gasteiger partial charge in [-0.05, 0) is 19.1 Å². The molecule has 0 radical (unpaired) electrons. The fourth-order valence-corrected chi connectivity index (χ4v) is 1.40. The Morgan fingerprint density at radius 3 is 2.75 bits per heavy atom. The van der Waals surface area contributed by atoms with Gasteiger partial charge in [0.25, 0.3) is 5.56 Å². The number of aromatic nitrogens is 2. The molecule has 0 saturated heterocycles. The van der Waals surface area contributed by atoms with Crippen molar-refractivity contribution in [3.63, 3.8) is 0 Å². The molecule has 1 heterocycles. The number of hydrogen-bond donors (Lipinski definition) is 1. The predicted octanol–water partition coefficient (Wildman–Crippen LogP) is 1.53. The molecule has 16 heavy (non-hydrogen) atoms. The summed E-state index contributed by atoms with van der Waals surface area (Å²) in [5, 5.41) is 0. The largest absolute Gasteiger partial charge is 0.319 e. The van der Waals surface area contributed by atoms with Crippen LogP contribution in [-0.4, -0.2) is 15.8 Å². The standard InChI is InChI=1S/C12H10N2O2/c1-7(8(2)15)11-12(16)14-10-6-4-3-5-9(10)13-11/h3-6H,1H2,2H3,(H,14,16). The summed E-state index contributed by atoms with van der Waals surface area (Å²) in [5.41, 5.74) is 1.12. The smallest absolute Gasteiger partial charge is 0.275 e. The number of H-pyrrole nitrogens is 1. The summed E-state index contributed by atoms with van der Waals surface area (Å²) in [4.78, 5) is 29.6. The summed E-state index contributed by atoms with van der Waals surface area (Å²) in [6.45, 7) is 4.92. The Hall–Kier alpha value is -2.23. The lowest BCUT2D eigenvalue weighted by molar-refractivity contribution is -0.111. The fraction of sp³-hybridized carbons (Fsp3) is 0.0833. The van der Waals surface area contributed by atoms with Crippen molar-refractivity contribution in [2.45, 2.75) is 6.92 Å². The van der Waals surface area contributed by atoms with Crippen molar-refractivity contribution in [1.29, 1.82) is 0 Å². The van der Waals surface area contributed by atoms with Crippen LogP contribution in [0.1, 0.15) is 12.6 Å². The van der Waals surface area contributed by atoms with Crippen molar-refractivity contribution in [3.8, 4) is 0 Å². The SMILES string of the molecule is C=C(C(C)=O)c1nc2ccccc2[nH]c1=O. The molecule has 0 saturated carbocycles. The van der Waals surface area contributed by atoms with Crippen molar-refractivity contribution in [2.24, 2.45) is 0 Å². The van der Waals surface area contributed by atoms with Gasteiger partial charge in [0.05, 0.1) is 11.0 Å². The van der Waals surface area contributed by atoms with Gasteiger partial charge in [-0.15, -0.1) is 0 Å². The minimum Gasteiger partial charge on any atom is -0.319 e. The summed E-state index contributed by atoms with van der Waals surface area (Å²) in [5.74, 6) is -0.256. The van der Waals surface area contributed by atoms with Crippen LogP contribution in [0.3, 0.4) is 0 Å². The van der Waals surface area contributed by atoms with E-state index < -0.39 is 0 Å². The van der Waals surface area contributed by atoms with Crippen LogP contribution < -0.4 is 5.56 Å². The lowest BCUT2D eigenvalue weighted by Gasteiger charge is -2.02. The maximum atomic E-state index is 11.6. The Morgan fingerprint density at radius 2 is 2.06 bits per heavy atom. The highest BCUT2D eigenvalue weighted by atomic mass is 16.1. The van der Waals surface area contributed by atoms with E-state index in [9.17, 15) is 9.59 Å². The maximum absolute atomic E-state index is 11.6. The number of benzene rings is 1. The molecule has 0 aliphatic heterocycles. The first kappa shape index (κ1) is 10.3. The summed E-state index contributed by atoms with van der Waals surface area (Å²) >= 11 is 0. The van der Waals surface area contributed by atoms with E-state index in [2.05, 4.69) is 16.5 Å². The van der Waals surface area contributed by atoms with Crippen LogP contribution in [-0.2, 0) is 4.79 Å². The molecule has 4 heteroatoms. The van der Waals surface area contributed by atoms with Crippen LogP contribution in [0.15, 0.2) is 35.6 Å². The van der Waals surface area contributed by atoms with Crippen LogP contribution in [0.2, 0.25) is 0 Å². The van der Waals surface area contributed by atoms with Crippen molar-refractivity contribution >= 4 is 22.4 Å². The molecule has 1 N–H and O–H groups in total. The number of para-hydroxylation sites is 2. The second-order valence-corrected chi connectivity index (χ2v) is 3.47. The Balaban J connectivity index is 2.72. The zero-order chi connectivity index (χ0) is 11.7. The van der Waals surface area contributed by atoms with Gasteiger partial charge < -0.3 is 4.98 Å². The number of hydrogen-bond acceptors (Lipinski definition) is 3. The van der Waals surface area contributed by atoms with Crippen molar-refractivity contribution in [2.75, 3.05) is 0 Å². The molecule has 4 nitrogen and oxygen atoms in total. The second kappa shape index (κ2) is 3.73. The van der Waals surface area contributed by atoms with E-state index >= 15 is 0 Å². The van der Waals surface area contributed by atoms with E-state index in [0.29, 0.717) is 11.0 Å². The van der Waals surface area contributed by atoms with Gasteiger partial charge in [0.2, 0.25) is 0 Å². The van der Waals surface area contributed by atoms with E-state index in [4.69, 9.17) is 0 Å². The van der Waals surface area contributed by atoms with E-state index in [1.807, 2.05) is 6.07 Å². The lowest BCUT2D eigenvalue weighted by Crippen LogP contribution is -2.16. The van der Waals surface area contributed by atoms with E-state index in [-0.39, 0.29) is 22.6 Å². The number of aromatic amines is 1. The fourth-order valence-electron chi connectivity index (χ4n) is 1.40. The van der Waals surface area contributed by atoms with Crippen LogP contribution in [0.4, 0.5) is 0 Å². The lowest BCUT2D eigenvalue weighted by atomic mass is 10.1. The van der Waals surface area contributed by atoms with E-state index in [1.54, 1.807) is 18.2 Å². The molecule has 1 aromatic carbocycles. The third-order valence-electron chi connectivity index (χ3n) is 2.31. The predicted molar refractivity (Wildman–Crippen MR) is 62.1 cm³/mol. The second-order valence-electron chi connectivity index (χ2n) is 3.47. The monoisotopic (exact) mass is 214 g/mol. The van der Waals surface area contributed by atoms with Crippen molar-refractivity contribution in [1.82, 2.24) is 9.97 Å². The minimum absolute atomic E-state index is 0.0891. The van der Waals surface area contributed by atoms with Crippen LogP contribution in [0.25, 0.3) is 16.6 Å². The van der Waals surface area contributed by atoms with Crippen LogP contribution in [0, 0.1) is 0 Å². The third kappa shape index (κ3) is 1.65.